The summed E-state index contributed by atoms with van der Waals surface area (Å²) >= 11 is 2.47. The van der Waals surface area contributed by atoms with E-state index in [-0.39, 0.29) is 68.9 Å². The fraction of sp³-hybridized carbons (Fsp3) is 0.250. The molecular weight excluding hydrogens is 566 g/mol. The molecule has 0 spiro atoms. The van der Waals surface area contributed by atoms with Crippen LogP contribution in [0.15, 0.2) is 30.3 Å². The largest absolute Gasteiger partial charge is 0 e. The predicted octanol–water partition coefficient (Wildman–Crippen LogP) is 1.96. The molecule has 0 heterocycles. The molecule has 1 nitrogen and oxygen atoms in total. The molecule has 0 unspecified atom stereocenters. The third-order valence-electron chi connectivity index (χ3n) is 1.28. The first-order valence-electron chi connectivity index (χ1n) is 3.55. The number of halogens is 2. The van der Waals surface area contributed by atoms with Crippen molar-refractivity contribution in [2.24, 2.45) is 5.73 Å². The van der Waals surface area contributed by atoms with Gasteiger partial charge in [-0.15, -0.1) is 0 Å². The Morgan fingerprint density at radius 2 is 1.77 bits per heavy atom. The van der Waals surface area contributed by atoms with Gasteiger partial charge in [0.25, 0.3) is 0 Å². The SMILES string of the molecule is NCCc1ccccc1.[Cl][Pb][Br].[Cs]. The Kier molecular flexibility index (Phi) is 21.0. The fourth-order valence-electron chi connectivity index (χ4n) is 0.811. The second-order valence-corrected chi connectivity index (χ2v) is 11.8. The van der Waals surface area contributed by atoms with Gasteiger partial charge in [0, 0.05) is 68.9 Å². The molecule has 0 aliphatic rings. The molecule has 0 aliphatic carbocycles. The van der Waals surface area contributed by atoms with Crippen molar-refractivity contribution in [2.45, 2.75) is 6.42 Å². The topological polar surface area (TPSA) is 26.0 Å². The summed E-state index contributed by atoms with van der Waals surface area (Å²) in [6.07, 6.45) is 0.987. The minimum atomic E-state index is -0.632. The molecule has 13 heavy (non-hydrogen) atoms. The van der Waals surface area contributed by atoms with Crippen molar-refractivity contribution in [1.29, 1.82) is 0 Å². The number of rotatable bonds is 2. The molecule has 0 saturated heterocycles. The van der Waals surface area contributed by atoms with Crippen LogP contribution in [0.3, 0.4) is 0 Å². The zero-order chi connectivity index (χ0) is 9.23. The summed E-state index contributed by atoms with van der Waals surface area (Å²) in [7, 11) is 5.11. The molecule has 1 aromatic rings. The first-order valence-corrected chi connectivity index (χ1v) is 16.8. The van der Waals surface area contributed by atoms with Gasteiger partial charge < -0.3 is 5.73 Å². The van der Waals surface area contributed by atoms with Crippen LogP contribution >= 0.6 is 20.3 Å². The summed E-state index contributed by atoms with van der Waals surface area (Å²) in [6.45, 7) is 0.740. The van der Waals surface area contributed by atoms with Crippen LogP contribution in [0.4, 0.5) is 0 Å². The molecule has 0 bridgehead atoms. The molecule has 1 aromatic carbocycles. The third-order valence-corrected chi connectivity index (χ3v) is 1.28. The summed E-state index contributed by atoms with van der Waals surface area (Å²) in [6, 6.07) is 10.3. The van der Waals surface area contributed by atoms with Crippen molar-refractivity contribution in [2.75, 3.05) is 6.54 Å². The van der Waals surface area contributed by atoms with Gasteiger partial charge in [0.1, 0.15) is 0 Å². The summed E-state index contributed by atoms with van der Waals surface area (Å²) in [5.41, 5.74) is 6.68. The summed E-state index contributed by atoms with van der Waals surface area (Å²) in [5.74, 6) is 0. The third kappa shape index (κ3) is 12.9. The van der Waals surface area contributed by atoms with Gasteiger partial charge in [0.2, 0.25) is 0 Å². The minimum absolute atomic E-state index is 0. The molecule has 0 amide bonds. The molecule has 0 aromatic heterocycles. The maximum atomic E-state index is 5.36. The molecular formula is C8H11BrClCsNPb. The average molecular weight is 577 g/mol. The number of nitrogens with two attached hydrogens (primary N) is 1. The first-order chi connectivity index (χ1) is 5.85. The number of hydrogen-bond acceptors (Lipinski definition) is 1. The normalized spacial score (nSPS) is 7.92. The Bertz CT molecular complexity index is 189. The van der Waals surface area contributed by atoms with E-state index < -0.39 is 20.6 Å². The minimum Gasteiger partial charge on any atom is 0 e. The van der Waals surface area contributed by atoms with E-state index in [1.165, 1.54) is 5.56 Å². The van der Waals surface area contributed by atoms with Gasteiger partial charge in [0.05, 0.1) is 0 Å². The van der Waals surface area contributed by atoms with Crippen molar-refractivity contribution >= 4 is 110 Å². The van der Waals surface area contributed by atoms with Gasteiger partial charge in [-0.2, -0.15) is 0 Å². The van der Waals surface area contributed by atoms with Crippen molar-refractivity contribution in [3.8, 4) is 0 Å². The van der Waals surface area contributed by atoms with Crippen molar-refractivity contribution < 1.29 is 0 Å². The van der Waals surface area contributed by atoms with Crippen LogP contribution in [-0.2, 0) is 6.42 Å². The quantitative estimate of drug-likeness (QED) is 0.536. The Morgan fingerprint density at radius 3 is 2.15 bits per heavy atom. The molecule has 5 heteroatoms. The summed E-state index contributed by atoms with van der Waals surface area (Å²) < 4.78 is 0. The molecule has 0 aliphatic heterocycles. The van der Waals surface area contributed by atoms with E-state index in [1.54, 1.807) is 0 Å². The second-order valence-electron chi connectivity index (χ2n) is 2.10. The zero-order valence-corrected chi connectivity index (χ0v) is 20.1. The average Bonchev–Trinajstić information content (AvgIpc) is 2.08. The Labute approximate surface area is 160 Å². The van der Waals surface area contributed by atoms with E-state index in [0.29, 0.717) is 0 Å². The maximum absolute atomic E-state index is 5.36. The van der Waals surface area contributed by atoms with Gasteiger partial charge in [-0.1, -0.05) is 30.3 Å². The van der Waals surface area contributed by atoms with Crippen LogP contribution in [0.5, 0.6) is 0 Å². The van der Waals surface area contributed by atoms with E-state index in [2.05, 4.69) is 24.1 Å². The van der Waals surface area contributed by atoms with Gasteiger partial charge in [-0.25, -0.2) is 0 Å². The maximum Gasteiger partial charge on any atom is 0 e. The van der Waals surface area contributed by atoms with Crippen LogP contribution in [-0.4, -0.2) is 96.0 Å². The van der Waals surface area contributed by atoms with Crippen LogP contribution in [0.25, 0.3) is 0 Å². The predicted molar refractivity (Wildman–Crippen MR) is 65.5 cm³/mol. The molecule has 0 saturated carbocycles. The molecule has 0 fully saturated rings. The van der Waals surface area contributed by atoms with Gasteiger partial charge in [-0.3, -0.25) is 0 Å². The van der Waals surface area contributed by atoms with E-state index in [4.69, 9.17) is 14.0 Å². The molecule has 1 rings (SSSR count). The Hall–Kier alpha value is 2.92. The van der Waals surface area contributed by atoms with E-state index >= 15 is 0 Å². The van der Waals surface area contributed by atoms with Crippen molar-refractivity contribution in [3.63, 3.8) is 0 Å². The van der Waals surface area contributed by atoms with Gasteiger partial charge in [0.15, 0.2) is 0 Å². The first kappa shape index (κ1) is 18.3. The van der Waals surface area contributed by atoms with Crippen molar-refractivity contribution in [3.05, 3.63) is 35.9 Å². The van der Waals surface area contributed by atoms with Crippen molar-refractivity contribution in [1.82, 2.24) is 0 Å². The standard InChI is InChI=1S/C8H11N.BrH.ClH.Cs.Pb/c9-7-6-8-4-2-1-3-5-8;;;;/h1-5H,6-7,9H2;2*1H;;/q;;;;+2/p-2. The zero-order valence-electron chi connectivity index (χ0n) is 7.63. The van der Waals surface area contributed by atoms with E-state index in [1.807, 2.05) is 18.2 Å². The van der Waals surface area contributed by atoms with Crippen LogP contribution in [0, 0.1) is 0 Å². The summed E-state index contributed by atoms with van der Waals surface area (Å²) in [5, 5.41) is 0. The van der Waals surface area contributed by atoms with Crippen LogP contribution in [0.2, 0.25) is 0 Å². The Balaban J connectivity index is 0. The summed E-state index contributed by atoms with van der Waals surface area (Å²) in [4.78, 5) is 0. The van der Waals surface area contributed by atoms with Crippen LogP contribution < -0.4 is 5.73 Å². The van der Waals surface area contributed by atoms with E-state index in [0.717, 1.165) is 13.0 Å². The molecule has 67 valence electrons. The molecule has 0 atom stereocenters. The van der Waals surface area contributed by atoms with E-state index in [9.17, 15) is 0 Å². The number of hydrogen-bond donors (Lipinski definition) is 1. The van der Waals surface area contributed by atoms with Gasteiger partial charge in [-0.05, 0) is 18.5 Å². The van der Waals surface area contributed by atoms with Gasteiger partial charge >= 0.3 is 40.9 Å². The Morgan fingerprint density at radius 1 is 1.31 bits per heavy atom. The molecule has 3 radical (unpaired) electrons. The number of benzene rings is 1. The monoisotopic (exact) mass is 576 g/mol. The smallest absolute Gasteiger partial charge is 0 e. The van der Waals surface area contributed by atoms with Crippen LogP contribution in [0.1, 0.15) is 5.56 Å². The second kappa shape index (κ2) is 14.9. The molecule has 2 N–H and O–H groups in total. The fourth-order valence-corrected chi connectivity index (χ4v) is 0.811.